The lowest BCUT2D eigenvalue weighted by Gasteiger charge is -2.19. The number of carbonyl (C=O) groups is 1. The highest BCUT2D eigenvalue weighted by Crippen LogP contribution is 2.24. The number of aliphatic hydroxyl groups is 1. The molecule has 0 heterocycles. The van der Waals surface area contributed by atoms with E-state index in [9.17, 15) is 9.90 Å². The summed E-state index contributed by atoms with van der Waals surface area (Å²) >= 11 is 0. The zero-order valence-electron chi connectivity index (χ0n) is 22.4. The number of hydrogen-bond donors (Lipinski definition) is 2. The molecule has 0 fully saturated rings. The molecule has 33 heavy (non-hydrogen) atoms. The summed E-state index contributed by atoms with van der Waals surface area (Å²) in [6.07, 6.45) is 31.6. The van der Waals surface area contributed by atoms with Gasteiger partial charge in [-0.2, -0.15) is 0 Å². The standard InChI is InChI=1S/C30H58O3/c1-3-5-7-9-11-13-15-17-19-21-23-28(27-29(31)25-26-30(32)33)24-22-20-18-16-14-12-10-8-6-4-2/h17,19,28-29,31H,3-16,18,20-27H2,1-2H3,(H,32,33)/b19-17-. The number of hydrogen-bond acceptors (Lipinski definition) is 2. The molecule has 0 rings (SSSR count). The summed E-state index contributed by atoms with van der Waals surface area (Å²) < 4.78 is 0. The monoisotopic (exact) mass is 466 g/mol. The minimum atomic E-state index is -0.807. The van der Waals surface area contributed by atoms with Crippen LogP contribution in [-0.4, -0.2) is 22.3 Å². The van der Waals surface area contributed by atoms with Crippen LogP contribution in [0.1, 0.15) is 162 Å². The van der Waals surface area contributed by atoms with Gasteiger partial charge in [0.1, 0.15) is 0 Å². The maximum Gasteiger partial charge on any atom is 0.303 e. The fourth-order valence-corrected chi connectivity index (χ4v) is 4.70. The second kappa shape index (κ2) is 25.8. The summed E-state index contributed by atoms with van der Waals surface area (Å²) in [6.45, 7) is 4.53. The van der Waals surface area contributed by atoms with Crippen molar-refractivity contribution in [2.24, 2.45) is 5.92 Å². The van der Waals surface area contributed by atoms with Gasteiger partial charge >= 0.3 is 5.97 Å². The van der Waals surface area contributed by atoms with Gasteiger partial charge in [-0.05, 0) is 44.4 Å². The van der Waals surface area contributed by atoms with Crippen LogP contribution in [0.5, 0.6) is 0 Å². The lowest BCUT2D eigenvalue weighted by molar-refractivity contribution is -0.137. The van der Waals surface area contributed by atoms with Gasteiger partial charge in [0.15, 0.2) is 0 Å². The van der Waals surface area contributed by atoms with E-state index in [-0.39, 0.29) is 6.42 Å². The van der Waals surface area contributed by atoms with Gasteiger partial charge in [-0.15, -0.1) is 0 Å². The van der Waals surface area contributed by atoms with Gasteiger partial charge in [0.2, 0.25) is 0 Å². The highest BCUT2D eigenvalue weighted by atomic mass is 16.4. The number of aliphatic carboxylic acids is 1. The van der Waals surface area contributed by atoms with Crippen molar-refractivity contribution in [1.29, 1.82) is 0 Å². The molecule has 0 aliphatic carbocycles. The summed E-state index contributed by atoms with van der Waals surface area (Å²) in [5.74, 6) is -0.292. The molecule has 196 valence electrons. The van der Waals surface area contributed by atoms with E-state index in [4.69, 9.17) is 5.11 Å². The predicted octanol–water partition coefficient (Wildman–Crippen LogP) is 9.62. The number of allylic oxidation sites excluding steroid dienone is 2. The van der Waals surface area contributed by atoms with Crippen molar-refractivity contribution in [3.8, 4) is 0 Å². The molecule has 0 aromatic carbocycles. The number of unbranched alkanes of at least 4 members (excludes halogenated alkanes) is 15. The van der Waals surface area contributed by atoms with Gasteiger partial charge in [0.05, 0.1) is 6.10 Å². The number of carboxylic acid groups (broad SMARTS) is 1. The van der Waals surface area contributed by atoms with Crippen LogP contribution < -0.4 is 0 Å². The molecule has 3 nitrogen and oxygen atoms in total. The Balaban J connectivity index is 4.03. The van der Waals surface area contributed by atoms with Crippen molar-refractivity contribution in [3.63, 3.8) is 0 Å². The Morgan fingerprint density at radius 1 is 0.636 bits per heavy atom. The SMILES string of the molecule is CCCCCCCC/C=C\CCC(CCCCCCCCCCCC)CC(O)CCC(=O)O. The molecule has 0 saturated heterocycles. The molecule has 0 aliphatic heterocycles. The molecule has 0 aromatic heterocycles. The van der Waals surface area contributed by atoms with Gasteiger partial charge in [-0.25, -0.2) is 0 Å². The van der Waals surface area contributed by atoms with Crippen molar-refractivity contribution < 1.29 is 15.0 Å². The maximum absolute atomic E-state index is 10.8. The molecule has 3 heteroatoms. The van der Waals surface area contributed by atoms with Gasteiger partial charge < -0.3 is 10.2 Å². The molecular weight excluding hydrogens is 408 g/mol. The molecule has 2 atom stereocenters. The summed E-state index contributed by atoms with van der Waals surface area (Å²) in [6, 6.07) is 0. The second-order valence-corrected chi connectivity index (χ2v) is 10.3. The van der Waals surface area contributed by atoms with Crippen LogP contribution in [0.3, 0.4) is 0 Å². The van der Waals surface area contributed by atoms with E-state index in [0.717, 1.165) is 19.3 Å². The minimum Gasteiger partial charge on any atom is -0.481 e. The third-order valence-electron chi connectivity index (χ3n) is 6.90. The first-order valence-electron chi connectivity index (χ1n) is 14.6. The van der Waals surface area contributed by atoms with E-state index in [1.807, 2.05) is 0 Å². The summed E-state index contributed by atoms with van der Waals surface area (Å²) in [4.78, 5) is 10.8. The second-order valence-electron chi connectivity index (χ2n) is 10.3. The fraction of sp³-hybridized carbons (Fsp3) is 0.900. The molecule has 0 aliphatic rings. The number of aliphatic hydroxyl groups excluding tert-OH is 1. The van der Waals surface area contributed by atoms with Crippen LogP contribution in [0.4, 0.5) is 0 Å². The topological polar surface area (TPSA) is 57.5 Å². The lowest BCUT2D eigenvalue weighted by Crippen LogP contribution is -2.15. The van der Waals surface area contributed by atoms with Crippen LogP contribution >= 0.6 is 0 Å². The largest absolute Gasteiger partial charge is 0.481 e. The van der Waals surface area contributed by atoms with Crippen LogP contribution in [0.15, 0.2) is 12.2 Å². The minimum absolute atomic E-state index is 0.0737. The molecule has 0 amide bonds. The molecule has 0 bridgehead atoms. The third-order valence-corrected chi connectivity index (χ3v) is 6.90. The molecule has 0 saturated carbocycles. The zero-order valence-corrected chi connectivity index (χ0v) is 22.4. The molecular formula is C30H58O3. The molecule has 0 aromatic rings. The van der Waals surface area contributed by atoms with Crippen molar-refractivity contribution >= 4 is 5.97 Å². The summed E-state index contributed by atoms with van der Waals surface area (Å²) in [5.41, 5.74) is 0. The van der Waals surface area contributed by atoms with Crippen LogP contribution in [0.2, 0.25) is 0 Å². The lowest BCUT2D eigenvalue weighted by atomic mass is 9.89. The maximum atomic E-state index is 10.8. The quantitative estimate of drug-likeness (QED) is 0.0985. The Morgan fingerprint density at radius 2 is 1.12 bits per heavy atom. The van der Waals surface area contributed by atoms with E-state index in [1.165, 1.54) is 116 Å². The van der Waals surface area contributed by atoms with E-state index in [1.54, 1.807) is 0 Å². The molecule has 0 radical (unpaired) electrons. The highest BCUT2D eigenvalue weighted by Gasteiger charge is 2.15. The van der Waals surface area contributed by atoms with Crippen LogP contribution in [0, 0.1) is 5.92 Å². The van der Waals surface area contributed by atoms with Gasteiger partial charge in [0.25, 0.3) is 0 Å². The summed E-state index contributed by atoms with van der Waals surface area (Å²) in [7, 11) is 0. The average Bonchev–Trinajstić information content (AvgIpc) is 2.79. The first-order chi connectivity index (χ1) is 16.1. The normalized spacial score (nSPS) is 13.5. The molecule has 2 N–H and O–H groups in total. The smallest absolute Gasteiger partial charge is 0.303 e. The van der Waals surface area contributed by atoms with E-state index in [0.29, 0.717) is 12.3 Å². The van der Waals surface area contributed by atoms with Gasteiger partial charge in [-0.1, -0.05) is 129 Å². The van der Waals surface area contributed by atoms with Gasteiger partial charge in [-0.3, -0.25) is 4.79 Å². The number of rotatable bonds is 26. The van der Waals surface area contributed by atoms with Crippen molar-refractivity contribution in [2.75, 3.05) is 0 Å². The molecule has 2 unspecified atom stereocenters. The van der Waals surface area contributed by atoms with Crippen molar-refractivity contribution in [2.45, 2.75) is 168 Å². The van der Waals surface area contributed by atoms with E-state index in [2.05, 4.69) is 26.0 Å². The Labute approximate surface area is 206 Å². The number of carboxylic acids is 1. The predicted molar refractivity (Wildman–Crippen MR) is 144 cm³/mol. The first kappa shape index (κ1) is 32.2. The third kappa shape index (κ3) is 25.6. The molecule has 0 spiro atoms. The van der Waals surface area contributed by atoms with Crippen LogP contribution in [0.25, 0.3) is 0 Å². The fourth-order valence-electron chi connectivity index (χ4n) is 4.70. The highest BCUT2D eigenvalue weighted by molar-refractivity contribution is 5.66. The van der Waals surface area contributed by atoms with Crippen molar-refractivity contribution in [3.05, 3.63) is 12.2 Å². The van der Waals surface area contributed by atoms with Crippen molar-refractivity contribution in [1.82, 2.24) is 0 Å². The zero-order chi connectivity index (χ0) is 24.4. The Kier molecular flexibility index (Phi) is 25.1. The van der Waals surface area contributed by atoms with Crippen LogP contribution in [-0.2, 0) is 4.79 Å². The first-order valence-corrected chi connectivity index (χ1v) is 14.6. The average molecular weight is 467 g/mol. The van der Waals surface area contributed by atoms with E-state index < -0.39 is 12.1 Å². The Hall–Kier alpha value is -0.830. The van der Waals surface area contributed by atoms with E-state index >= 15 is 0 Å². The Bertz CT molecular complexity index is 432. The summed E-state index contributed by atoms with van der Waals surface area (Å²) in [5, 5.41) is 19.2. The Morgan fingerprint density at radius 3 is 1.67 bits per heavy atom. The van der Waals surface area contributed by atoms with Gasteiger partial charge in [0, 0.05) is 6.42 Å².